The summed E-state index contributed by atoms with van der Waals surface area (Å²) in [7, 11) is 2.25. The van der Waals surface area contributed by atoms with Crippen molar-refractivity contribution in [1.82, 2.24) is 4.40 Å². The first-order chi connectivity index (χ1) is 23.1. The van der Waals surface area contributed by atoms with Crippen LogP contribution in [0.15, 0.2) is 102 Å². The Labute approximate surface area is 287 Å². The summed E-state index contributed by atoms with van der Waals surface area (Å²) in [5.74, 6) is 0. The number of allylic oxidation sites excluding steroid dienone is 10. The van der Waals surface area contributed by atoms with Gasteiger partial charge >= 0.3 is 0 Å². The van der Waals surface area contributed by atoms with Crippen molar-refractivity contribution in [1.29, 1.82) is 0 Å². The second-order valence-electron chi connectivity index (χ2n) is 12.6. The number of benzene rings is 1. The molecule has 47 heavy (non-hydrogen) atoms. The molecule has 0 N–H and O–H groups in total. The van der Waals surface area contributed by atoms with E-state index in [0.717, 1.165) is 59.5 Å². The van der Waals surface area contributed by atoms with Gasteiger partial charge in [-0.2, -0.15) is 0 Å². The molecule has 1 unspecified atom stereocenters. The van der Waals surface area contributed by atoms with Crippen molar-refractivity contribution in [3.63, 3.8) is 0 Å². The maximum Gasteiger partial charge on any atom is 0.263 e. The lowest BCUT2D eigenvalue weighted by Crippen LogP contribution is -2.19. The van der Waals surface area contributed by atoms with Gasteiger partial charge in [0.1, 0.15) is 0 Å². The normalized spacial score (nSPS) is 16.9. The Bertz CT molecular complexity index is 2370. The predicted molar refractivity (Wildman–Crippen MR) is 209 cm³/mol. The fraction of sp³-hybridized carbons (Fsp3) is 0.244. The average molecular weight is 671 g/mol. The molecule has 1 aromatic carbocycles. The van der Waals surface area contributed by atoms with Gasteiger partial charge in [0.15, 0.2) is 0 Å². The maximum absolute atomic E-state index is 14.2. The molecule has 0 spiro atoms. The van der Waals surface area contributed by atoms with Crippen LogP contribution < -0.4 is 10.5 Å². The third kappa shape index (κ3) is 5.27. The fourth-order valence-corrected chi connectivity index (χ4v) is 11.1. The van der Waals surface area contributed by atoms with Gasteiger partial charge in [0, 0.05) is 49.1 Å². The van der Waals surface area contributed by atoms with Crippen LogP contribution in [0, 0.1) is 0 Å². The zero-order valence-electron chi connectivity index (χ0n) is 26.9. The number of pyridine rings is 1. The van der Waals surface area contributed by atoms with Gasteiger partial charge < -0.3 is 4.90 Å². The zero-order valence-corrected chi connectivity index (χ0v) is 29.4. The maximum atomic E-state index is 14.2. The van der Waals surface area contributed by atoms with Crippen LogP contribution in [-0.2, 0) is 19.3 Å². The average Bonchev–Trinajstić information content (AvgIpc) is 3.89. The van der Waals surface area contributed by atoms with Crippen LogP contribution in [-0.4, -0.2) is 11.4 Å². The van der Waals surface area contributed by atoms with Crippen molar-refractivity contribution < 1.29 is 0 Å². The number of rotatable bonds is 10. The fourth-order valence-electron chi connectivity index (χ4n) is 7.32. The number of aromatic nitrogens is 1. The molecule has 3 nitrogen and oxygen atoms in total. The number of aryl methyl sites for hydroxylation is 2. The van der Waals surface area contributed by atoms with Crippen molar-refractivity contribution in [3.05, 3.63) is 133 Å². The van der Waals surface area contributed by atoms with E-state index < -0.39 is 0 Å². The van der Waals surface area contributed by atoms with Crippen LogP contribution >= 0.6 is 34.0 Å². The van der Waals surface area contributed by atoms with E-state index in [0.29, 0.717) is 0 Å². The minimum Gasteiger partial charge on any atom is -0.365 e. The molecule has 6 heteroatoms. The van der Waals surface area contributed by atoms with Gasteiger partial charge in [0.2, 0.25) is 0 Å². The Hall–Kier alpha value is -3.97. The summed E-state index contributed by atoms with van der Waals surface area (Å²) in [6.45, 7) is 6.20. The highest BCUT2D eigenvalue weighted by Crippen LogP contribution is 2.51. The molecular formula is C41H38N2OS3. The van der Waals surface area contributed by atoms with Crippen LogP contribution in [0.2, 0.25) is 0 Å². The second kappa shape index (κ2) is 12.6. The number of anilines is 1. The molecule has 0 radical (unpaired) electrons. The van der Waals surface area contributed by atoms with Gasteiger partial charge in [0.25, 0.3) is 5.56 Å². The topological polar surface area (TPSA) is 24.7 Å². The molecule has 5 aromatic heterocycles. The molecule has 0 amide bonds. The quantitative estimate of drug-likeness (QED) is 0.136. The molecule has 0 fully saturated rings. The Kier molecular flexibility index (Phi) is 8.12. The lowest BCUT2D eigenvalue weighted by atomic mass is 9.99. The summed E-state index contributed by atoms with van der Waals surface area (Å²) < 4.78 is 4.38. The third-order valence-electron chi connectivity index (χ3n) is 9.67. The standard InChI is InChI=1S/C41H38N2OS3/c1-4-6-7-8-9-10-14-17-28-23-32-36(45-28)25-34-40-38-30(41(44)43(32)34)21-19-27(5-2)37(38)39(47-40)33-24-35-31(42(33)3)22-29(46-35)20-18-26-15-12-11-13-16-26/h4-10,12,15-16,19,21-23,25,33H,2,11,13-14,17-18,20,24H2,1,3H3/b6-4-,8-7-,10-9+. The van der Waals surface area contributed by atoms with Crippen molar-refractivity contribution in [2.24, 2.45) is 0 Å². The van der Waals surface area contributed by atoms with Crippen LogP contribution in [0.4, 0.5) is 5.69 Å². The van der Waals surface area contributed by atoms with Crippen molar-refractivity contribution in [2.75, 3.05) is 11.9 Å². The van der Waals surface area contributed by atoms with Crippen LogP contribution in [0.25, 0.3) is 42.7 Å². The van der Waals surface area contributed by atoms with Crippen LogP contribution in [0.1, 0.15) is 63.7 Å². The first kappa shape index (κ1) is 30.4. The molecule has 1 aliphatic carbocycles. The lowest BCUT2D eigenvalue weighted by Gasteiger charge is -2.22. The number of likely N-dealkylation sites (N-methyl/N-ethyl adjacent to an activating group) is 1. The smallest absolute Gasteiger partial charge is 0.263 e. The zero-order chi connectivity index (χ0) is 32.1. The second-order valence-corrected chi connectivity index (χ2v) is 16.0. The summed E-state index contributed by atoms with van der Waals surface area (Å²) in [6, 6.07) is 11.3. The van der Waals surface area contributed by atoms with Gasteiger partial charge in [-0.25, -0.2) is 0 Å². The molecule has 6 heterocycles. The highest BCUT2D eigenvalue weighted by molar-refractivity contribution is 7.21. The Morgan fingerprint density at radius 2 is 1.81 bits per heavy atom. The van der Waals surface area contributed by atoms with E-state index >= 15 is 0 Å². The summed E-state index contributed by atoms with van der Waals surface area (Å²) >= 11 is 5.68. The first-order valence-corrected chi connectivity index (χ1v) is 19.1. The van der Waals surface area contributed by atoms with E-state index in [2.05, 4.69) is 79.2 Å². The molecule has 2 aliphatic rings. The monoisotopic (exact) mass is 670 g/mol. The summed E-state index contributed by atoms with van der Waals surface area (Å²) in [5.41, 5.74) is 6.12. The molecule has 0 bridgehead atoms. The molecule has 8 rings (SSSR count). The summed E-state index contributed by atoms with van der Waals surface area (Å²) in [4.78, 5) is 22.3. The molecule has 0 saturated heterocycles. The molecule has 6 aromatic rings. The number of nitrogens with zero attached hydrogens (tertiary/aromatic N) is 2. The highest BCUT2D eigenvalue weighted by Gasteiger charge is 2.34. The Morgan fingerprint density at radius 1 is 0.936 bits per heavy atom. The van der Waals surface area contributed by atoms with Crippen molar-refractivity contribution in [2.45, 2.75) is 57.9 Å². The molecular weight excluding hydrogens is 633 g/mol. The van der Waals surface area contributed by atoms with E-state index in [9.17, 15) is 4.79 Å². The van der Waals surface area contributed by atoms with Crippen LogP contribution in [0.5, 0.6) is 0 Å². The van der Waals surface area contributed by atoms with E-state index in [1.165, 1.54) is 58.4 Å². The van der Waals surface area contributed by atoms with E-state index in [1.807, 2.05) is 75.7 Å². The number of fused-ring (bicyclic) bond motifs is 5. The Morgan fingerprint density at radius 3 is 2.62 bits per heavy atom. The highest BCUT2D eigenvalue weighted by atomic mass is 32.1. The van der Waals surface area contributed by atoms with Crippen molar-refractivity contribution in [3.8, 4) is 0 Å². The summed E-state index contributed by atoms with van der Waals surface area (Å²) in [5, 5.41) is 3.13. The van der Waals surface area contributed by atoms with Crippen LogP contribution in [0.3, 0.4) is 0 Å². The van der Waals surface area contributed by atoms with E-state index in [-0.39, 0.29) is 11.6 Å². The van der Waals surface area contributed by atoms with Crippen molar-refractivity contribution >= 4 is 82.4 Å². The number of thiophene rings is 3. The number of hydrogen-bond donors (Lipinski definition) is 0. The van der Waals surface area contributed by atoms with Gasteiger partial charge in [0.05, 0.1) is 32.2 Å². The third-order valence-corrected chi connectivity index (χ3v) is 13.3. The van der Waals surface area contributed by atoms with Gasteiger partial charge in [-0.05, 0) is 75.3 Å². The Balaban J connectivity index is 1.14. The van der Waals surface area contributed by atoms with E-state index in [1.54, 1.807) is 0 Å². The van der Waals surface area contributed by atoms with Gasteiger partial charge in [-0.3, -0.25) is 9.20 Å². The van der Waals surface area contributed by atoms with Gasteiger partial charge in [-0.15, -0.1) is 34.0 Å². The lowest BCUT2D eigenvalue weighted by molar-refractivity contribution is 0.737. The molecule has 1 aliphatic heterocycles. The molecule has 0 saturated carbocycles. The van der Waals surface area contributed by atoms with Gasteiger partial charge in [-0.1, -0.05) is 79.0 Å². The predicted octanol–water partition coefficient (Wildman–Crippen LogP) is 11.6. The molecule has 1 atom stereocenters. The minimum absolute atomic E-state index is 0.0808. The van der Waals surface area contributed by atoms with E-state index in [4.69, 9.17) is 0 Å². The molecule has 236 valence electrons. The first-order valence-electron chi connectivity index (χ1n) is 16.6. The largest absolute Gasteiger partial charge is 0.365 e. The SMILES string of the molecule is C=Cc1ccc2c(=O)n3c4cc(CC/C=C/C=C\C=C/C)sc4cc3c3sc(C4Cc5sc(CCC6=CCCC=C6)cc5N4C)c1c23. The number of hydrogen-bond acceptors (Lipinski definition) is 5. The minimum atomic E-state index is 0.0808. The summed E-state index contributed by atoms with van der Waals surface area (Å²) in [6.07, 6.45) is 29.0.